The second kappa shape index (κ2) is 6.17. The Kier molecular flexibility index (Phi) is 4.56. The van der Waals surface area contributed by atoms with Crippen molar-refractivity contribution in [1.29, 1.82) is 0 Å². The molecule has 0 aromatic heterocycles. The molecular weight excluding hydrogens is 309 g/mol. The molecule has 4 heteroatoms. The molecule has 0 fully saturated rings. The molecule has 0 amide bonds. The fourth-order valence-corrected chi connectivity index (χ4v) is 2.26. The molecule has 0 aliphatic rings. The Morgan fingerprint density at radius 1 is 1.16 bits per heavy atom. The second-order valence-corrected chi connectivity index (χ2v) is 5.22. The average Bonchev–Trinajstić information content (AvgIpc) is 2.36. The lowest BCUT2D eigenvalue weighted by atomic mass is 10.2. The van der Waals surface area contributed by atoms with Gasteiger partial charge in [-0.2, -0.15) is 0 Å². The first-order chi connectivity index (χ1) is 9.10. The van der Waals surface area contributed by atoms with Crippen molar-refractivity contribution in [3.8, 4) is 11.5 Å². The summed E-state index contributed by atoms with van der Waals surface area (Å²) in [5, 5.41) is 2.98. The first-order valence-electron chi connectivity index (χ1n) is 5.97. The topological polar surface area (TPSA) is 21.3 Å². The van der Waals surface area contributed by atoms with E-state index in [4.69, 9.17) is 4.74 Å². The summed E-state index contributed by atoms with van der Waals surface area (Å²) in [4.78, 5) is 0. The highest BCUT2D eigenvalue weighted by molar-refractivity contribution is 9.10. The fraction of sp³-hybridized carbons (Fsp3) is 0.200. The van der Waals surface area contributed by atoms with Crippen LogP contribution < -0.4 is 10.1 Å². The number of aryl methyl sites for hydroxylation is 1. The van der Waals surface area contributed by atoms with Crippen LogP contribution in [0.25, 0.3) is 0 Å². The quantitative estimate of drug-likeness (QED) is 0.899. The third-order valence-corrected chi connectivity index (χ3v) is 3.23. The van der Waals surface area contributed by atoms with Gasteiger partial charge in [-0.1, -0.05) is 22.0 Å². The first kappa shape index (κ1) is 14.0. The lowest BCUT2D eigenvalue weighted by Crippen LogP contribution is -2.05. The molecule has 0 saturated carbocycles. The van der Waals surface area contributed by atoms with Gasteiger partial charge in [0, 0.05) is 11.0 Å². The minimum Gasteiger partial charge on any atom is -0.454 e. The van der Waals surface area contributed by atoms with Crippen molar-refractivity contribution in [1.82, 2.24) is 5.32 Å². The Hall–Kier alpha value is -1.39. The molecule has 0 aliphatic heterocycles. The van der Waals surface area contributed by atoms with Crippen molar-refractivity contribution in [2.24, 2.45) is 0 Å². The van der Waals surface area contributed by atoms with Gasteiger partial charge in [0.15, 0.2) is 11.6 Å². The van der Waals surface area contributed by atoms with Crippen LogP contribution in [0.3, 0.4) is 0 Å². The maximum Gasteiger partial charge on any atom is 0.166 e. The summed E-state index contributed by atoms with van der Waals surface area (Å²) in [6.07, 6.45) is 0. The Morgan fingerprint density at radius 2 is 1.89 bits per heavy atom. The van der Waals surface area contributed by atoms with Crippen LogP contribution in [0.1, 0.15) is 11.1 Å². The summed E-state index contributed by atoms with van der Waals surface area (Å²) in [6, 6.07) is 10.6. The highest BCUT2D eigenvalue weighted by Gasteiger charge is 2.08. The largest absolute Gasteiger partial charge is 0.454 e. The van der Waals surface area contributed by atoms with Crippen molar-refractivity contribution in [2.45, 2.75) is 13.5 Å². The number of rotatable bonds is 4. The van der Waals surface area contributed by atoms with Crippen molar-refractivity contribution < 1.29 is 9.13 Å². The summed E-state index contributed by atoms with van der Waals surface area (Å²) in [5.74, 6) is 0.545. The van der Waals surface area contributed by atoms with Crippen molar-refractivity contribution in [2.75, 3.05) is 7.05 Å². The molecule has 0 saturated heterocycles. The summed E-state index contributed by atoms with van der Waals surface area (Å²) >= 11 is 3.39. The molecule has 19 heavy (non-hydrogen) atoms. The molecule has 0 bridgehead atoms. The van der Waals surface area contributed by atoms with E-state index in [1.54, 1.807) is 6.07 Å². The van der Waals surface area contributed by atoms with Gasteiger partial charge in [-0.25, -0.2) is 4.39 Å². The zero-order valence-electron chi connectivity index (χ0n) is 10.8. The van der Waals surface area contributed by atoms with Crippen LogP contribution >= 0.6 is 15.9 Å². The lowest BCUT2D eigenvalue weighted by molar-refractivity contribution is 0.439. The van der Waals surface area contributed by atoms with Gasteiger partial charge in [-0.15, -0.1) is 0 Å². The monoisotopic (exact) mass is 323 g/mol. The smallest absolute Gasteiger partial charge is 0.166 e. The molecule has 0 aliphatic carbocycles. The Bertz CT molecular complexity index is 586. The molecule has 2 aromatic rings. The van der Waals surface area contributed by atoms with Crippen molar-refractivity contribution >= 4 is 15.9 Å². The lowest BCUT2D eigenvalue weighted by Gasteiger charge is -2.10. The fourth-order valence-electron chi connectivity index (χ4n) is 1.79. The third-order valence-electron chi connectivity index (χ3n) is 2.73. The van der Waals surface area contributed by atoms with Gasteiger partial charge in [0.05, 0.1) is 0 Å². The molecule has 0 radical (unpaired) electrons. The number of hydrogen-bond acceptors (Lipinski definition) is 2. The van der Waals surface area contributed by atoms with Gasteiger partial charge >= 0.3 is 0 Å². The van der Waals surface area contributed by atoms with E-state index in [1.165, 1.54) is 6.07 Å². The summed E-state index contributed by atoms with van der Waals surface area (Å²) in [6.45, 7) is 2.56. The van der Waals surface area contributed by atoms with Crippen LogP contribution in [0, 0.1) is 12.7 Å². The SMILES string of the molecule is CNCc1ccc(Oc2ccc(Br)cc2C)c(F)c1. The predicted octanol–water partition coefficient (Wildman–Crippen LogP) is 4.41. The second-order valence-electron chi connectivity index (χ2n) is 4.31. The zero-order chi connectivity index (χ0) is 13.8. The number of benzene rings is 2. The third kappa shape index (κ3) is 3.55. The Labute approximate surface area is 120 Å². The van der Waals surface area contributed by atoms with E-state index in [9.17, 15) is 4.39 Å². The van der Waals surface area contributed by atoms with E-state index in [2.05, 4.69) is 21.2 Å². The van der Waals surface area contributed by atoms with Crippen LogP contribution in [0.2, 0.25) is 0 Å². The van der Waals surface area contributed by atoms with Crippen LogP contribution in [0.4, 0.5) is 4.39 Å². The molecule has 0 heterocycles. The van der Waals surface area contributed by atoms with E-state index in [0.29, 0.717) is 12.3 Å². The molecule has 0 atom stereocenters. The summed E-state index contributed by atoms with van der Waals surface area (Å²) < 4.78 is 20.5. The molecule has 1 N–H and O–H groups in total. The zero-order valence-corrected chi connectivity index (χ0v) is 12.4. The minimum atomic E-state index is -0.352. The Balaban J connectivity index is 2.23. The van der Waals surface area contributed by atoms with Gasteiger partial charge in [0.1, 0.15) is 5.75 Å². The van der Waals surface area contributed by atoms with E-state index in [-0.39, 0.29) is 11.6 Å². The molecule has 100 valence electrons. The van der Waals surface area contributed by atoms with Gasteiger partial charge in [0.25, 0.3) is 0 Å². The van der Waals surface area contributed by atoms with E-state index >= 15 is 0 Å². The Morgan fingerprint density at radius 3 is 2.53 bits per heavy atom. The van der Waals surface area contributed by atoms with Crippen LogP contribution in [-0.4, -0.2) is 7.05 Å². The van der Waals surface area contributed by atoms with Gasteiger partial charge in [0.2, 0.25) is 0 Å². The van der Waals surface area contributed by atoms with Crippen LogP contribution in [-0.2, 0) is 6.54 Å². The molecule has 2 nitrogen and oxygen atoms in total. The standard InChI is InChI=1S/C15H15BrFNO/c1-10-7-12(16)4-6-14(10)19-15-5-3-11(9-18-2)8-13(15)17/h3-8,18H,9H2,1-2H3. The number of nitrogens with one attached hydrogen (secondary N) is 1. The van der Waals surface area contributed by atoms with Gasteiger partial charge in [-0.05, 0) is 55.4 Å². The highest BCUT2D eigenvalue weighted by atomic mass is 79.9. The molecule has 0 spiro atoms. The molecule has 2 aromatic carbocycles. The van der Waals surface area contributed by atoms with Crippen LogP contribution in [0.15, 0.2) is 40.9 Å². The van der Waals surface area contributed by atoms with Gasteiger partial charge < -0.3 is 10.1 Å². The summed E-state index contributed by atoms with van der Waals surface area (Å²) in [5.41, 5.74) is 1.84. The number of hydrogen-bond donors (Lipinski definition) is 1. The number of ether oxygens (including phenoxy) is 1. The van der Waals surface area contributed by atoms with E-state index in [0.717, 1.165) is 15.6 Å². The molecule has 0 unspecified atom stereocenters. The molecular formula is C15H15BrFNO. The normalized spacial score (nSPS) is 10.5. The van der Waals surface area contributed by atoms with Gasteiger partial charge in [-0.3, -0.25) is 0 Å². The molecule has 2 rings (SSSR count). The van der Waals surface area contributed by atoms with Crippen molar-refractivity contribution in [3.63, 3.8) is 0 Å². The maximum absolute atomic E-state index is 13.9. The van der Waals surface area contributed by atoms with E-state index < -0.39 is 0 Å². The predicted molar refractivity (Wildman–Crippen MR) is 78.1 cm³/mol. The minimum absolute atomic E-state index is 0.241. The first-order valence-corrected chi connectivity index (χ1v) is 6.76. The van der Waals surface area contributed by atoms with Crippen LogP contribution in [0.5, 0.6) is 11.5 Å². The van der Waals surface area contributed by atoms with E-state index in [1.807, 2.05) is 38.2 Å². The number of halogens is 2. The maximum atomic E-state index is 13.9. The average molecular weight is 324 g/mol. The summed E-state index contributed by atoms with van der Waals surface area (Å²) in [7, 11) is 1.83. The van der Waals surface area contributed by atoms with Crippen molar-refractivity contribution in [3.05, 3.63) is 57.8 Å². The highest BCUT2D eigenvalue weighted by Crippen LogP contribution is 2.29.